The molecule has 0 radical (unpaired) electrons. The molecule has 1 fully saturated rings. The van der Waals surface area contributed by atoms with Crippen LogP contribution in [0.3, 0.4) is 0 Å². The van der Waals surface area contributed by atoms with Crippen molar-refractivity contribution < 1.29 is 9.59 Å². The van der Waals surface area contributed by atoms with Crippen LogP contribution in [0.4, 0.5) is 0 Å². The Morgan fingerprint density at radius 2 is 1.67 bits per heavy atom. The SMILES string of the molecule is CCNC(=O)[C@H]1CC[C@@H](n2cncc2-c2ccc(-c3ccc(C(N)=O)cc3)cc2)C1. The van der Waals surface area contributed by atoms with Crippen molar-refractivity contribution in [2.75, 3.05) is 6.54 Å². The number of rotatable bonds is 6. The minimum Gasteiger partial charge on any atom is -0.366 e. The molecule has 1 aliphatic carbocycles. The van der Waals surface area contributed by atoms with Crippen molar-refractivity contribution in [3.05, 3.63) is 66.6 Å². The van der Waals surface area contributed by atoms with Gasteiger partial charge in [0.25, 0.3) is 0 Å². The number of nitrogens with one attached hydrogen (secondary N) is 1. The highest BCUT2D eigenvalue weighted by Crippen LogP contribution is 2.37. The molecule has 0 saturated heterocycles. The molecule has 2 atom stereocenters. The molecule has 2 amide bonds. The number of imidazole rings is 1. The number of nitrogens with two attached hydrogens (primary N) is 1. The zero-order valence-corrected chi connectivity index (χ0v) is 17.0. The summed E-state index contributed by atoms with van der Waals surface area (Å²) in [6.45, 7) is 2.63. The van der Waals surface area contributed by atoms with E-state index in [2.05, 4.69) is 39.1 Å². The van der Waals surface area contributed by atoms with Gasteiger partial charge in [-0.15, -0.1) is 0 Å². The van der Waals surface area contributed by atoms with Crippen LogP contribution in [-0.4, -0.2) is 27.9 Å². The molecule has 0 aliphatic heterocycles. The lowest BCUT2D eigenvalue weighted by Crippen LogP contribution is -2.29. The standard InChI is InChI=1S/C24H26N4O2/c1-2-27-24(30)20-11-12-21(13-20)28-15-26-14-22(28)18-7-3-16(4-8-18)17-5-9-19(10-6-17)23(25)29/h3-10,14-15,20-21H,2,11-13H2,1H3,(H2,25,29)(H,27,30)/t20-,21+/m0/s1. The first-order valence-corrected chi connectivity index (χ1v) is 10.4. The number of hydrogen-bond acceptors (Lipinski definition) is 3. The largest absolute Gasteiger partial charge is 0.366 e. The second-order valence-electron chi connectivity index (χ2n) is 7.76. The summed E-state index contributed by atoms with van der Waals surface area (Å²) >= 11 is 0. The van der Waals surface area contributed by atoms with Crippen molar-refractivity contribution >= 4 is 11.8 Å². The van der Waals surface area contributed by atoms with Crippen LogP contribution in [0, 0.1) is 5.92 Å². The zero-order chi connectivity index (χ0) is 21.1. The smallest absolute Gasteiger partial charge is 0.248 e. The van der Waals surface area contributed by atoms with Gasteiger partial charge in [-0.1, -0.05) is 36.4 Å². The summed E-state index contributed by atoms with van der Waals surface area (Å²) in [5.74, 6) is -0.184. The van der Waals surface area contributed by atoms with E-state index in [1.54, 1.807) is 12.1 Å². The predicted octanol–water partition coefficient (Wildman–Crippen LogP) is 3.79. The van der Waals surface area contributed by atoms with Crippen molar-refractivity contribution in [3.63, 3.8) is 0 Å². The van der Waals surface area contributed by atoms with Gasteiger partial charge in [-0.25, -0.2) is 4.98 Å². The first-order valence-electron chi connectivity index (χ1n) is 10.4. The Morgan fingerprint density at radius 3 is 2.30 bits per heavy atom. The van der Waals surface area contributed by atoms with E-state index in [0.29, 0.717) is 12.1 Å². The molecule has 6 nitrogen and oxygen atoms in total. The van der Waals surface area contributed by atoms with Gasteiger partial charge >= 0.3 is 0 Å². The van der Waals surface area contributed by atoms with E-state index in [0.717, 1.165) is 41.6 Å². The van der Waals surface area contributed by atoms with E-state index in [1.165, 1.54) is 0 Å². The molecule has 30 heavy (non-hydrogen) atoms. The Hall–Kier alpha value is -3.41. The maximum atomic E-state index is 12.2. The van der Waals surface area contributed by atoms with Gasteiger partial charge in [0.1, 0.15) is 0 Å². The monoisotopic (exact) mass is 402 g/mol. The molecular formula is C24H26N4O2. The minimum atomic E-state index is -0.425. The lowest BCUT2D eigenvalue weighted by molar-refractivity contribution is -0.124. The van der Waals surface area contributed by atoms with E-state index in [4.69, 9.17) is 5.73 Å². The third-order valence-electron chi connectivity index (χ3n) is 5.87. The van der Waals surface area contributed by atoms with E-state index in [-0.39, 0.29) is 17.9 Å². The first-order chi connectivity index (χ1) is 14.6. The summed E-state index contributed by atoms with van der Waals surface area (Å²) in [5.41, 5.74) is 10.1. The van der Waals surface area contributed by atoms with Crippen LogP contribution in [0.2, 0.25) is 0 Å². The van der Waals surface area contributed by atoms with Crippen LogP contribution in [0.25, 0.3) is 22.4 Å². The highest BCUT2D eigenvalue weighted by atomic mass is 16.2. The summed E-state index contributed by atoms with van der Waals surface area (Å²) < 4.78 is 2.20. The molecule has 2 aromatic carbocycles. The Balaban J connectivity index is 1.52. The van der Waals surface area contributed by atoms with Gasteiger partial charge in [0.05, 0.1) is 18.2 Å². The highest BCUT2D eigenvalue weighted by molar-refractivity contribution is 5.93. The van der Waals surface area contributed by atoms with Crippen LogP contribution < -0.4 is 11.1 Å². The highest BCUT2D eigenvalue weighted by Gasteiger charge is 2.31. The van der Waals surface area contributed by atoms with Crippen LogP contribution in [0.1, 0.15) is 42.6 Å². The van der Waals surface area contributed by atoms with Gasteiger partial charge in [0, 0.05) is 24.1 Å². The van der Waals surface area contributed by atoms with E-state index in [9.17, 15) is 9.59 Å². The minimum absolute atomic E-state index is 0.0796. The van der Waals surface area contributed by atoms with Crippen molar-refractivity contribution in [3.8, 4) is 22.4 Å². The second-order valence-corrected chi connectivity index (χ2v) is 7.76. The quantitative estimate of drug-likeness (QED) is 0.657. The maximum Gasteiger partial charge on any atom is 0.248 e. The number of primary amides is 1. The molecule has 0 unspecified atom stereocenters. The lowest BCUT2D eigenvalue weighted by atomic mass is 10.0. The summed E-state index contributed by atoms with van der Waals surface area (Å²) in [4.78, 5) is 27.8. The molecule has 0 spiro atoms. The second kappa shape index (κ2) is 8.53. The van der Waals surface area contributed by atoms with Crippen molar-refractivity contribution in [1.29, 1.82) is 0 Å². The Bertz CT molecular complexity index is 1040. The average molecular weight is 402 g/mol. The molecule has 1 aliphatic rings. The lowest BCUT2D eigenvalue weighted by Gasteiger charge is -2.16. The fourth-order valence-electron chi connectivity index (χ4n) is 4.25. The average Bonchev–Trinajstić information content (AvgIpc) is 3.44. The Morgan fingerprint density at radius 1 is 1.03 bits per heavy atom. The number of nitrogens with zero attached hydrogens (tertiary/aromatic N) is 2. The molecule has 1 saturated carbocycles. The van der Waals surface area contributed by atoms with Gasteiger partial charge in [-0.05, 0) is 55.0 Å². The van der Waals surface area contributed by atoms with Gasteiger partial charge in [-0.2, -0.15) is 0 Å². The zero-order valence-electron chi connectivity index (χ0n) is 17.0. The molecule has 1 heterocycles. The van der Waals surface area contributed by atoms with Gasteiger partial charge in [-0.3, -0.25) is 9.59 Å². The van der Waals surface area contributed by atoms with Crippen molar-refractivity contribution in [2.45, 2.75) is 32.2 Å². The van der Waals surface area contributed by atoms with Crippen molar-refractivity contribution in [1.82, 2.24) is 14.9 Å². The summed E-state index contributed by atoms with van der Waals surface area (Å²) in [6.07, 6.45) is 6.50. The third kappa shape index (κ3) is 3.99. The number of benzene rings is 2. The summed E-state index contributed by atoms with van der Waals surface area (Å²) in [6, 6.07) is 15.9. The fourth-order valence-corrected chi connectivity index (χ4v) is 4.25. The summed E-state index contributed by atoms with van der Waals surface area (Å²) in [7, 11) is 0. The normalized spacial score (nSPS) is 18.3. The third-order valence-corrected chi connectivity index (χ3v) is 5.87. The number of carbonyl (C=O) groups excluding carboxylic acids is 2. The topological polar surface area (TPSA) is 90.0 Å². The number of amides is 2. The van der Waals surface area contributed by atoms with Gasteiger partial charge < -0.3 is 15.6 Å². The Kier molecular flexibility index (Phi) is 5.65. The molecule has 3 N–H and O–H groups in total. The maximum absolute atomic E-state index is 12.2. The molecule has 154 valence electrons. The number of hydrogen-bond donors (Lipinski definition) is 2. The molecular weight excluding hydrogens is 376 g/mol. The fraction of sp³-hybridized carbons (Fsp3) is 0.292. The van der Waals surface area contributed by atoms with E-state index >= 15 is 0 Å². The number of carbonyl (C=O) groups is 2. The van der Waals surface area contributed by atoms with Gasteiger partial charge in [0.2, 0.25) is 11.8 Å². The molecule has 6 heteroatoms. The predicted molar refractivity (Wildman–Crippen MR) is 117 cm³/mol. The van der Waals surface area contributed by atoms with E-state index < -0.39 is 5.91 Å². The van der Waals surface area contributed by atoms with E-state index in [1.807, 2.05) is 31.6 Å². The first kappa shape index (κ1) is 19.9. The van der Waals surface area contributed by atoms with Gasteiger partial charge in [0.15, 0.2) is 0 Å². The summed E-state index contributed by atoms with van der Waals surface area (Å²) in [5, 5.41) is 2.94. The van der Waals surface area contributed by atoms with Crippen LogP contribution in [-0.2, 0) is 4.79 Å². The van der Waals surface area contributed by atoms with Crippen LogP contribution in [0.15, 0.2) is 61.1 Å². The van der Waals surface area contributed by atoms with Crippen molar-refractivity contribution in [2.24, 2.45) is 11.7 Å². The Labute approximate surface area is 176 Å². The molecule has 0 bridgehead atoms. The molecule has 1 aromatic heterocycles. The molecule has 3 aromatic rings. The van der Waals surface area contributed by atoms with Crippen LogP contribution >= 0.6 is 0 Å². The van der Waals surface area contributed by atoms with Crippen LogP contribution in [0.5, 0.6) is 0 Å². The number of aromatic nitrogens is 2. The molecule has 4 rings (SSSR count).